The first-order valence-corrected chi connectivity index (χ1v) is 11.6. The van der Waals surface area contributed by atoms with Crippen molar-refractivity contribution in [2.45, 2.75) is 26.0 Å². The number of rotatable bonds is 7. The van der Waals surface area contributed by atoms with Crippen LogP contribution in [-0.2, 0) is 22.2 Å². The van der Waals surface area contributed by atoms with E-state index in [1.807, 2.05) is 13.0 Å². The molecule has 0 aliphatic carbocycles. The minimum Gasteiger partial charge on any atom is -0.364 e. The average molecular weight is 420 g/mol. The van der Waals surface area contributed by atoms with Crippen molar-refractivity contribution in [3.8, 4) is 0 Å². The zero-order valence-electron chi connectivity index (χ0n) is 17.0. The predicted octanol–water partition coefficient (Wildman–Crippen LogP) is 1.64. The van der Waals surface area contributed by atoms with Gasteiger partial charge < -0.3 is 14.7 Å². The number of aryl methyl sites for hydroxylation is 1. The van der Waals surface area contributed by atoms with Crippen molar-refractivity contribution in [2.75, 3.05) is 39.3 Å². The molecule has 0 amide bonds. The summed E-state index contributed by atoms with van der Waals surface area (Å²) in [7, 11) is -3.40. The number of piperazine rings is 1. The van der Waals surface area contributed by atoms with Crippen LogP contribution in [0.2, 0.25) is 0 Å². The van der Waals surface area contributed by atoms with Crippen molar-refractivity contribution in [3.63, 3.8) is 0 Å². The fraction of sp³-hybridized carbons (Fsp3) is 0.500. The van der Waals surface area contributed by atoms with Crippen LogP contribution in [0.25, 0.3) is 0 Å². The molecule has 1 aliphatic rings. The highest BCUT2D eigenvalue weighted by Gasteiger charge is 2.28. The Bertz CT molecular complexity index is 904. The lowest BCUT2D eigenvalue weighted by Gasteiger charge is -2.35. The van der Waals surface area contributed by atoms with Crippen LogP contribution in [0, 0.1) is 6.92 Å². The van der Waals surface area contributed by atoms with Gasteiger partial charge in [0.1, 0.15) is 12.0 Å². The normalized spacial score (nSPS) is 16.2. The van der Waals surface area contributed by atoms with Crippen molar-refractivity contribution < 1.29 is 12.9 Å². The molecule has 0 unspecified atom stereocenters. The number of aromatic nitrogens is 1. The van der Waals surface area contributed by atoms with E-state index in [-0.39, 0.29) is 5.75 Å². The number of hydrogen-bond acceptors (Lipinski definition) is 5. The van der Waals surface area contributed by atoms with E-state index in [0.29, 0.717) is 38.4 Å². The monoisotopic (exact) mass is 419 g/mol. The third kappa shape index (κ3) is 5.80. The minimum absolute atomic E-state index is 0.131. The Balaban J connectivity index is 1.57. The largest absolute Gasteiger partial charge is 0.364 e. The summed E-state index contributed by atoms with van der Waals surface area (Å²) in [4.78, 5) is 6.89. The highest BCUT2D eigenvalue weighted by atomic mass is 32.2. The molecule has 1 aromatic heterocycles. The van der Waals surface area contributed by atoms with Crippen LogP contribution in [0.15, 0.2) is 46.1 Å². The van der Waals surface area contributed by atoms with Crippen LogP contribution in [0.1, 0.15) is 23.7 Å². The summed E-state index contributed by atoms with van der Waals surface area (Å²) in [6.07, 6.45) is 2.27. The van der Waals surface area contributed by atoms with Crippen LogP contribution in [-0.4, -0.2) is 68.0 Å². The van der Waals surface area contributed by atoms with Gasteiger partial charge in [-0.2, -0.15) is 4.31 Å². The molecule has 2 heterocycles. The van der Waals surface area contributed by atoms with E-state index in [1.54, 1.807) is 6.07 Å². The Hall–Kier alpha value is -2.39. The number of aliphatic imine (C=N–C) groups is 1. The zero-order chi connectivity index (χ0) is 20.7. The lowest BCUT2D eigenvalue weighted by molar-refractivity contribution is 0.260. The first-order valence-electron chi connectivity index (χ1n) is 9.94. The van der Waals surface area contributed by atoms with Gasteiger partial charge in [0, 0.05) is 45.3 Å². The summed E-state index contributed by atoms with van der Waals surface area (Å²) < 4.78 is 31.4. The van der Waals surface area contributed by atoms with E-state index in [2.05, 4.69) is 40.5 Å². The van der Waals surface area contributed by atoms with Crippen molar-refractivity contribution in [3.05, 3.63) is 53.4 Å². The molecule has 1 fully saturated rings. The standard InChI is InChI=1S/C20H29N5O3S/c1-3-21-20(22-10-8-18-7-5-4-6-17(18)2)24-11-13-25(14-12-24)29(26,27)16-19-9-15-28-23-19/h4-7,9,15H,3,8,10-14,16H2,1-2H3,(H,21,22). The van der Waals surface area contributed by atoms with E-state index in [1.165, 1.54) is 21.7 Å². The number of sulfonamides is 1. The highest BCUT2D eigenvalue weighted by Crippen LogP contribution is 2.13. The van der Waals surface area contributed by atoms with E-state index in [4.69, 9.17) is 9.52 Å². The molecular weight excluding hydrogens is 390 g/mol. The summed E-state index contributed by atoms with van der Waals surface area (Å²) in [6.45, 7) is 7.69. The molecule has 3 rings (SSSR count). The first-order chi connectivity index (χ1) is 14.0. The smallest absolute Gasteiger partial charge is 0.220 e. The molecule has 29 heavy (non-hydrogen) atoms. The van der Waals surface area contributed by atoms with Gasteiger partial charge in [0.25, 0.3) is 0 Å². The van der Waals surface area contributed by atoms with Crippen LogP contribution in [0.3, 0.4) is 0 Å². The molecule has 0 bridgehead atoms. The molecule has 1 aliphatic heterocycles. The fourth-order valence-electron chi connectivity index (χ4n) is 3.37. The topological polar surface area (TPSA) is 91.0 Å². The van der Waals surface area contributed by atoms with Gasteiger partial charge in [-0.3, -0.25) is 4.99 Å². The second-order valence-corrected chi connectivity index (χ2v) is 9.01. The molecule has 0 saturated carbocycles. The highest BCUT2D eigenvalue weighted by molar-refractivity contribution is 7.88. The van der Waals surface area contributed by atoms with Crippen molar-refractivity contribution >= 4 is 16.0 Å². The molecule has 0 atom stereocenters. The first kappa shape index (κ1) is 21.3. The maximum Gasteiger partial charge on any atom is 0.220 e. The molecule has 0 spiro atoms. The summed E-state index contributed by atoms with van der Waals surface area (Å²) in [6, 6.07) is 9.93. The summed E-state index contributed by atoms with van der Waals surface area (Å²) >= 11 is 0. The predicted molar refractivity (Wildman–Crippen MR) is 113 cm³/mol. The SMILES string of the molecule is CCNC(=NCCc1ccccc1C)N1CCN(S(=O)(=O)Cc2ccon2)CC1. The van der Waals surface area contributed by atoms with E-state index in [0.717, 1.165) is 18.9 Å². The molecule has 1 aromatic carbocycles. The van der Waals surface area contributed by atoms with Gasteiger partial charge in [-0.25, -0.2) is 8.42 Å². The molecule has 158 valence electrons. The molecule has 2 aromatic rings. The van der Waals surface area contributed by atoms with Crippen LogP contribution in [0.4, 0.5) is 0 Å². The van der Waals surface area contributed by atoms with Gasteiger partial charge in [-0.1, -0.05) is 29.4 Å². The summed E-state index contributed by atoms with van der Waals surface area (Å²) in [5, 5.41) is 7.04. The third-order valence-electron chi connectivity index (χ3n) is 4.99. The maximum atomic E-state index is 12.6. The number of benzene rings is 1. The quantitative estimate of drug-likeness (QED) is 0.542. The van der Waals surface area contributed by atoms with Gasteiger partial charge in [-0.15, -0.1) is 0 Å². The van der Waals surface area contributed by atoms with Crippen molar-refractivity contribution in [1.29, 1.82) is 0 Å². The second-order valence-electron chi connectivity index (χ2n) is 7.05. The van der Waals surface area contributed by atoms with Gasteiger partial charge in [0.15, 0.2) is 5.96 Å². The Kier molecular flexibility index (Phi) is 7.27. The average Bonchev–Trinajstić information content (AvgIpc) is 3.21. The molecule has 1 N–H and O–H groups in total. The van der Waals surface area contributed by atoms with Crippen molar-refractivity contribution in [1.82, 2.24) is 19.7 Å². The van der Waals surface area contributed by atoms with Gasteiger partial charge in [0.05, 0.1) is 5.69 Å². The number of guanidine groups is 1. The van der Waals surface area contributed by atoms with Gasteiger partial charge in [-0.05, 0) is 31.4 Å². The minimum atomic E-state index is -3.40. The van der Waals surface area contributed by atoms with Gasteiger partial charge in [0.2, 0.25) is 10.0 Å². The third-order valence-corrected chi connectivity index (χ3v) is 6.80. The Morgan fingerprint density at radius 1 is 1.21 bits per heavy atom. The lowest BCUT2D eigenvalue weighted by atomic mass is 10.1. The number of nitrogens with one attached hydrogen (secondary N) is 1. The molecule has 9 heteroatoms. The summed E-state index contributed by atoms with van der Waals surface area (Å²) in [5.74, 6) is 0.711. The van der Waals surface area contributed by atoms with Crippen LogP contribution < -0.4 is 5.32 Å². The Morgan fingerprint density at radius 2 is 1.97 bits per heavy atom. The van der Waals surface area contributed by atoms with Crippen molar-refractivity contribution in [2.24, 2.45) is 4.99 Å². The van der Waals surface area contributed by atoms with Gasteiger partial charge >= 0.3 is 0 Å². The number of nitrogens with zero attached hydrogens (tertiary/aromatic N) is 4. The number of hydrogen-bond donors (Lipinski definition) is 1. The molecular formula is C20H29N5O3S. The zero-order valence-corrected chi connectivity index (χ0v) is 17.9. The summed E-state index contributed by atoms with van der Waals surface area (Å²) in [5.41, 5.74) is 3.01. The second kappa shape index (κ2) is 9.89. The molecule has 8 nitrogen and oxygen atoms in total. The molecule has 1 saturated heterocycles. The van der Waals surface area contributed by atoms with Crippen LogP contribution >= 0.6 is 0 Å². The maximum absolute atomic E-state index is 12.6. The fourth-order valence-corrected chi connectivity index (χ4v) is 4.79. The lowest BCUT2D eigenvalue weighted by Crippen LogP contribution is -2.54. The Labute approximate surface area is 172 Å². The molecule has 0 radical (unpaired) electrons. The van der Waals surface area contributed by atoms with E-state index < -0.39 is 10.0 Å². The van der Waals surface area contributed by atoms with Crippen LogP contribution in [0.5, 0.6) is 0 Å². The Morgan fingerprint density at radius 3 is 2.62 bits per heavy atom. The van der Waals surface area contributed by atoms with E-state index in [9.17, 15) is 8.42 Å². The van der Waals surface area contributed by atoms with E-state index >= 15 is 0 Å².